The summed E-state index contributed by atoms with van der Waals surface area (Å²) in [7, 11) is 0. The predicted molar refractivity (Wildman–Crippen MR) is 239 cm³/mol. The standard InChI is InChI=1S/C54H57BN2/c1-5-13-37(14-6-1)39-21-23-48-46(27-39)55-47-28-40(38-15-7-2-8-16-38)22-24-49(47)57(44-19-11-4-12-20-44)51-30-42(29-50(52(51)55)56(48)43-17-9-3-10-18-43)54-32-36-25-26-53(31-36)33-41(34-54)45(53)35-54/h3-4,9-12,17-24,27-30,36-38,41,45H,1-2,5-8,13-16,25-26,31-35H2. The molecule has 6 fully saturated rings. The first-order valence-electron chi connectivity index (χ1n) is 23.3. The van der Waals surface area contributed by atoms with Crippen molar-refractivity contribution in [3.63, 3.8) is 0 Å². The van der Waals surface area contributed by atoms with E-state index in [2.05, 4.69) is 119 Å². The van der Waals surface area contributed by atoms with Crippen LogP contribution in [0.1, 0.15) is 138 Å². The van der Waals surface area contributed by atoms with Crippen molar-refractivity contribution >= 4 is 57.2 Å². The lowest BCUT2D eigenvalue weighted by molar-refractivity contribution is -0.0178. The largest absolute Gasteiger partial charge is 0.311 e. The van der Waals surface area contributed by atoms with Gasteiger partial charge in [-0.15, -0.1) is 0 Å². The third-order valence-electron chi connectivity index (χ3n) is 17.6. The number of nitrogens with zero attached hydrogens (tertiary/aromatic N) is 2. The molecule has 5 aromatic carbocycles. The van der Waals surface area contributed by atoms with E-state index in [4.69, 9.17) is 0 Å². The van der Waals surface area contributed by atoms with Gasteiger partial charge in [0, 0.05) is 34.1 Å². The van der Waals surface area contributed by atoms with Crippen LogP contribution in [0.4, 0.5) is 34.1 Å². The van der Waals surface area contributed by atoms with Gasteiger partial charge in [0.05, 0.1) is 0 Å². The van der Waals surface area contributed by atoms with Crippen molar-refractivity contribution in [2.75, 3.05) is 9.80 Å². The molecule has 6 aliphatic carbocycles. The quantitative estimate of drug-likeness (QED) is 0.162. The summed E-state index contributed by atoms with van der Waals surface area (Å²) < 4.78 is 0. The highest BCUT2D eigenvalue weighted by molar-refractivity contribution is 7.00. The zero-order valence-electron chi connectivity index (χ0n) is 33.8. The molecule has 2 aliphatic heterocycles. The molecular formula is C54H57BN2. The molecule has 5 unspecified atom stereocenters. The molecular weight excluding hydrogens is 687 g/mol. The van der Waals surface area contributed by atoms with Crippen LogP contribution >= 0.6 is 0 Å². The van der Waals surface area contributed by atoms with Crippen molar-refractivity contribution in [2.45, 2.75) is 126 Å². The Bertz CT molecular complexity index is 2240. The molecule has 4 bridgehead atoms. The number of hydrogen-bond acceptors (Lipinski definition) is 2. The molecule has 6 saturated carbocycles. The van der Waals surface area contributed by atoms with Gasteiger partial charge in [-0.2, -0.15) is 0 Å². The van der Waals surface area contributed by atoms with Gasteiger partial charge in [-0.05, 0) is 193 Å². The average Bonchev–Trinajstić information content (AvgIpc) is 3.83. The third kappa shape index (κ3) is 4.96. The molecule has 1 spiro atoms. The number of hydrogen-bond donors (Lipinski definition) is 0. The minimum Gasteiger partial charge on any atom is -0.311 e. The van der Waals surface area contributed by atoms with Crippen molar-refractivity contribution in [2.24, 2.45) is 23.2 Å². The lowest BCUT2D eigenvalue weighted by Crippen LogP contribution is -2.61. The average molecular weight is 745 g/mol. The van der Waals surface area contributed by atoms with E-state index < -0.39 is 0 Å². The molecule has 57 heavy (non-hydrogen) atoms. The van der Waals surface area contributed by atoms with Crippen molar-refractivity contribution in [3.05, 3.63) is 126 Å². The highest BCUT2D eigenvalue weighted by atomic mass is 15.2. The van der Waals surface area contributed by atoms with Crippen molar-refractivity contribution in [1.82, 2.24) is 0 Å². The molecule has 5 atom stereocenters. The fourth-order valence-corrected chi connectivity index (χ4v) is 15.2. The highest BCUT2D eigenvalue weighted by Crippen LogP contribution is 2.75. The molecule has 3 heteroatoms. The van der Waals surface area contributed by atoms with Gasteiger partial charge in [-0.25, -0.2) is 0 Å². The van der Waals surface area contributed by atoms with E-state index in [0.29, 0.717) is 17.3 Å². The Kier molecular flexibility index (Phi) is 7.47. The van der Waals surface area contributed by atoms with Crippen LogP contribution in [0.3, 0.4) is 0 Å². The highest BCUT2D eigenvalue weighted by Gasteiger charge is 2.66. The van der Waals surface area contributed by atoms with Gasteiger partial charge in [-0.3, -0.25) is 0 Å². The van der Waals surface area contributed by atoms with Crippen LogP contribution in [0.15, 0.2) is 109 Å². The van der Waals surface area contributed by atoms with Gasteiger partial charge in [-0.1, -0.05) is 99.2 Å². The topological polar surface area (TPSA) is 6.48 Å². The number of anilines is 6. The van der Waals surface area contributed by atoms with Crippen LogP contribution in [-0.4, -0.2) is 6.71 Å². The van der Waals surface area contributed by atoms with Crippen molar-refractivity contribution < 1.29 is 0 Å². The first-order valence-corrected chi connectivity index (χ1v) is 23.3. The summed E-state index contributed by atoms with van der Waals surface area (Å²) in [6, 6.07) is 44.0. The number of benzene rings is 5. The van der Waals surface area contributed by atoms with Gasteiger partial charge in [0.25, 0.3) is 6.71 Å². The summed E-state index contributed by atoms with van der Waals surface area (Å²) >= 11 is 0. The normalized spacial score (nSPS) is 29.7. The summed E-state index contributed by atoms with van der Waals surface area (Å²) in [5, 5.41) is 0. The smallest absolute Gasteiger partial charge is 0.252 e. The lowest BCUT2D eigenvalue weighted by Gasteiger charge is -2.51. The maximum atomic E-state index is 2.77. The Morgan fingerprint density at radius 1 is 0.491 bits per heavy atom. The molecule has 2 heterocycles. The Labute approximate surface area is 341 Å². The van der Waals surface area contributed by atoms with Crippen molar-refractivity contribution in [1.29, 1.82) is 0 Å². The van der Waals surface area contributed by atoms with E-state index in [-0.39, 0.29) is 12.1 Å². The Balaban J connectivity index is 1.09. The maximum absolute atomic E-state index is 2.77. The van der Waals surface area contributed by atoms with Crippen LogP contribution < -0.4 is 26.2 Å². The van der Waals surface area contributed by atoms with Crippen molar-refractivity contribution in [3.8, 4) is 0 Å². The molecule has 0 amide bonds. The fourth-order valence-electron chi connectivity index (χ4n) is 15.2. The van der Waals surface area contributed by atoms with Crippen LogP contribution in [0.25, 0.3) is 0 Å². The van der Waals surface area contributed by atoms with E-state index >= 15 is 0 Å². The van der Waals surface area contributed by atoms with Crippen LogP contribution in [0, 0.1) is 23.2 Å². The minimum atomic E-state index is 0.201. The van der Waals surface area contributed by atoms with E-state index in [1.165, 1.54) is 160 Å². The van der Waals surface area contributed by atoms with E-state index in [1.807, 2.05) is 0 Å². The third-order valence-corrected chi connectivity index (χ3v) is 17.6. The second-order valence-electron chi connectivity index (χ2n) is 20.4. The summed E-state index contributed by atoms with van der Waals surface area (Å²) in [5.74, 6) is 4.10. The van der Waals surface area contributed by atoms with Crippen LogP contribution in [-0.2, 0) is 5.41 Å². The van der Waals surface area contributed by atoms with Gasteiger partial charge >= 0.3 is 0 Å². The zero-order chi connectivity index (χ0) is 37.3. The lowest BCUT2D eigenvalue weighted by atomic mass is 9.33. The molecule has 286 valence electrons. The molecule has 0 saturated heterocycles. The molecule has 13 rings (SSSR count). The first-order chi connectivity index (χ1) is 28.1. The second kappa shape index (κ2) is 12.6. The SMILES string of the molecule is c1ccc(N2c3ccc(C4CCCCC4)cc3B3c4cc(C5CCCCC5)ccc4N(c4ccccc4)c4cc(C56CC7CCC8(C7)CC(C5)C8C6)cc2c43)cc1. The molecule has 0 radical (unpaired) electrons. The zero-order valence-corrected chi connectivity index (χ0v) is 33.8. The first kappa shape index (κ1) is 33.7. The summed E-state index contributed by atoms with van der Waals surface area (Å²) in [5.41, 5.74) is 18.5. The molecule has 0 aromatic heterocycles. The molecule has 2 nitrogen and oxygen atoms in total. The second-order valence-corrected chi connectivity index (χ2v) is 20.4. The maximum Gasteiger partial charge on any atom is 0.252 e. The van der Waals surface area contributed by atoms with Gasteiger partial charge < -0.3 is 9.80 Å². The number of para-hydroxylation sites is 2. The predicted octanol–water partition coefficient (Wildman–Crippen LogP) is 12.7. The number of rotatable bonds is 5. The monoisotopic (exact) mass is 744 g/mol. The van der Waals surface area contributed by atoms with Crippen LogP contribution in [0.2, 0.25) is 0 Å². The molecule has 5 aromatic rings. The molecule has 8 aliphatic rings. The molecule has 0 N–H and O–H groups in total. The van der Waals surface area contributed by atoms with E-state index in [0.717, 1.165) is 17.8 Å². The minimum absolute atomic E-state index is 0.201. The Morgan fingerprint density at radius 2 is 1.05 bits per heavy atom. The van der Waals surface area contributed by atoms with E-state index in [1.54, 1.807) is 16.7 Å². The Morgan fingerprint density at radius 3 is 1.61 bits per heavy atom. The summed E-state index contributed by atoms with van der Waals surface area (Å²) in [6.07, 6.45) is 23.7. The van der Waals surface area contributed by atoms with E-state index in [9.17, 15) is 0 Å². The van der Waals surface area contributed by atoms with Crippen LogP contribution in [0.5, 0.6) is 0 Å². The summed E-state index contributed by atoms with van der Waals surface area (Å²) in [4.78, 5) is 5.42. The van der Waals surface area contributed by atoms with Gasteiger partial charge in [0.2, 0.25) is 0 Å². The fraction of sp³-hybridized carbons (Fsp3) is 0.444. The Hall–Kier alpha value is -4.24. The number of fused-ring (bicyclic) bond motifs is 6. The van der Waals surface area contributed by atoms with Gasteiger partial charge in [0.15, 0.2) is 0 Å². The van der Waals surface area contributed by atoms with Gasteiger partial charge in [0.1, 0.15) is 0 Å². The summed E-state index contributed by atoms with van der Waals surface area (Å²) in [6.45, 7) is 0.201.